The quantitative estimate of drug-likeness (QED) is 0.781. The predicted octanol–water partition coefficient (Wildman–Crippen LogP) is 3.53. The maximum atomic E-state index is 4.52. The van der Waals surface area contributed by atoms with Gasteiger partial charge in [-0.25, -0.2) is 0 Å². The van der Waals surface area contributed by atoms with Crippen molar-refractivity contribution in [3.63, 3.8) is 0 Å². The molecule has 0 spiro atoms. The van der Waals surface area contributed by atoms with Gasteiger partial charge in [0.2, 0.25) is 0 Å². The van der Waals surface area contributed by atoms with E-state index in [0.717, 1.165) is 12.3 Å². The van der Waals surface area contributed by atoms with Crippen molar-refractivity contribution >= 4 is 12.6 Å². The summed E-state index contributed by atoms with van der Waals surface area (Å²) < 4.78 is 0. The zero-order valence-electron chi connectivity index (χ0n) is 10.9. The minimum Gasteiger partial charge on any atom is -0.302 e. The molecule has 0 aliphatic heterocycles. The molecule has 1 aliphatic carbocycles. The van der Waals surface area contributed by atoms with Gasteiger partial charge in [0.15, 0.2) is 0 Å². The topological polar surface area (TPSA) is 3.24 Å². The fraction of sp³-hybridized carbons (Fsp3) is 0.600. The van der Waals surface area contributed by atoms with Gasteiger partial charge in [-0.2, -0.15) is 12.6 Å². The molecule has 1 aromatic carbocycles. The van der Waals surface area contributed by atoms with Crippen LogP contribution in [-0.4, -0.2) is 24.2 Å². The summed E-state index contributed by atoms with van der Waals surface area (Å²) in [4.78, 5) is 2.44. The maximum Gasteiger partial charge on any atom is 0.0230 e. The van der Waals surface area contributed by atoms with E-state index in [1.807, 2.05) is 0 Å². The van der Waals surface area contributed by atoms with Crippen molar-refractivity contribution in [3.05, 3.63) is 35.4 Å². The first-order chi connectivity index (χ1) is 8.13. The lowest BCUT2D eigenvalue weighted by atomic mass is 9.70. The zero-order chi connectivity index (χ0) is 12.3. The van der Waals surface area contributed by atoms with Gasteiger partial charge < -0.3 is 4.90 Å². The molecule has 17 heavy (non-hydrogen) atoms. The van der Waals surface area contributed by atoms with Crippen molar-refractivity contribution < 1.29 is 0 Å². The van der Waals surface area contributed by atoms with E-state index < -0.39 is 0 Å². The standard InChI is InChI=1S/C15H23NS/c1-13-4-6-14(7-5-13)10-16(2)11-15(12-17)8-3-9-15/h4-7,17H,3,8-12H2,1-2H3. The third kappa shape index (κ3) is 3.26. The van der Waals surface area contributed by atoms with Crippen molar-refractivity contribution in [3.8, 4) is 0 Å². The second-order valence-corrected chi connectivity index (χ2v) is 5.99. The number of nitrogens with zero attached hydrogens (tertiary/aromatic N) is 1. The Hall–Kier alpha value is -0.470. The molecule has 0 heterocycles. The highest BCUT2D eigenvalue weighted by molar-refractivity contribution is 7.80. The third-order valence-electron chi connectivity index (χ3n) is 3.93. The number of hydrogen-bond acceptors (Lipinski definition) is 2. The van der Waals surface area contributed by atoms with Crippen LogP contribution < -0.4 is 0 Å². The monoisotopic (exact) mass is 249 g/mol. The zero-order valence-corrected chi connectivity index (χ0v) is 11.8. The summed E-state index contributed by atoms with van der Waals surface area (Å²) in [5, 5.41) is 0. The van der Waals surface area contributed by atoms with E-state index in [4.69, 9.17) is 0 Å². The van der Waals surface area contributed by atoms with Crippen LogP contribution in [0.1, 0.15) is 30.4 Å². The van der Waals surface area contributed by atoms with Gasteiger partial charge >= 0.3 is 0 Å². The minimum absolute atomic E-state index is 0.503. The van der Waals surface area contributed by atoms with Gasteiger partial charge in [0.05, 0.1) is 0 Å². The molecule has 0 aromatic heterocycles. The lowest BCUT2D eigenvalue weighted by Crippen LogP contribution is -2.42. The van der Waals surface area contributed by atoms with Gasteiger partial charge in [-0.15, -0.1) is 0 Å². The number of rotatable bonds is 5. The molecule has 2 heteroatoms. The van der Waals surface area contributed by atoms with Gasteiger partial charge in [0, 0.05) is 13.1 Å². The number of benzene rings is 1. The van der Waals surface area contributed by atoms with Crippen LogP contribution in [0.3, 0.4) is 0 Å². The van der Waals surface area contributed by atoms with Crippen molar-refractivity contribution in [1.29, 1.82) is 0 Å². The van der Waals surface area contributed by atoms with Crippen LogP contribution in [0.15, 0.2) is 24.3 Å². The smallest absolute Gasteiger partial charge is 0.0230 e. The molecule has 0 unspecified atom stereocenters. The number of thiol groups is 1. The Labute approximate surface area is 111 Å². The second kappa shape index (κ2) is 5.45. The molecule has 0 radical (unpaired) electrons. The summed E-state index contributed by atoms with van der Waals surface area (Å²) in [6.45, 7) is 4.37. The number of aryl methyl sites for hydroxylation is 1. The van der Waals surface area contributed by atoms with Crippen LogP contribution in [-0.2, 0) is 6.54 Å². The average molecular weight is 249 g/mol. The van der Waals surface area contributed by atoms with E-state index in [0.29, 0.717) is 5.41 Å². The van der Waals surface area contributed by atoms with Gasteiger partial charge in [0.25, 0.3) is 0 Å². The van der Waals surface area contributed by atoms with Gasteiger partial charge in [0.1, 0.15) is 0 Å². The molecule has 0 N–H and O–H groups in total. The fourth-order valence-electron chi connectivity index (χ4n) is 2.68. The summed E-state index contributed by atoms with van der Waals surface area (Å²) >= 11 is 4.52. The largest absolute Gasteiger partial charge is 0.302 e. The molecule has 94 valence electrons. The Morgan fingerprint density at radius 3 is 2.35 bits per heavy atom. The lowest BCUT2D eigenvalue weighted by Gasteiger charge is -2.43. The first-order valence-corrected chi connectivity index (χ1v) is 7.12. The summed E-state index contributed by atoms with van der Waals surface area (Å²) in [6.07, 6.45) is 4.10. The molecule has 1 fully saturated rings. The van der Waals surface area contributed by atoms with Crippen molar-refractivity contribution in [2.24, 2.45) is 5.41 Å². The third-order valence-corrected chi connectivity index (χ3v) is 4.60. The molecule has 0 amide bonds. The molecule has 0 saturated heterocycles. The van der Waals surface area contributed by atoms with E-state index in [-0.39, 0.29) is 0 Å². The SMILES string of the molecule is Cc1ccc(CN(C)CC2(CS)CCC2)cc1. The van der Waals surface area contributed by atoms with Crippen molar-refractivity contribution in [2.45, 2.75) is 32.7 Å². The average Bonchev–Trinajstić information content (AvgIpc) is 2.27. The van der Waals surface area contributed by atoms with Crippen LogP contribution >= 0.6 is 12.6 Å². The van der Waals surface area contributed by atoms with Crippen LogP contribution in [0.5, 0.6) is 0 Å². The normalized spacial score (nSPS) is 18.1. The van der Waals surface area contributed by atoms with Crippen LogP contribution in [0.25, 0.3) is 0 Å². The van der Waals surface area contributed by atoms with E-state index in [1.165, 1.54) is 36.9 Å². The molecule has 0 atom stereocenters. The van der Waals surface area contributed by atoms with Crippen LogP contribution in [0.4, 0.5) is 0 Å². The lowest BCUT2D eigenvalue weighted by molar-refractivity contribution is 0.102. The first-order valence-electron chi connectivity index (χ1n) is 6.49. The highest BCUT2D eigenvalue weighted by atomic mass is 32.1. The molecular weight excluding hydrogens is 226 g/mol. The molecule has 1 saturated carbocycles. The minimum atomic E-state index is 0.503. The van der Waals surface area contributed by atoms with Gasteiger partial charge in [-0.05, 0) is 43.5 Å². The van der Waals surface area contributed by atoms with Crippen LogP contribution in [0, 0.1) is 12.3 Å². The molecule has 0 bridgehead atoms. The molecular formula is C15H23NS. The van der Waals surface area contributed by atoms with E-state index in [1.54, 1.807) is 0 Å². The highest BCUT2D eigenvalue weighted by Gasteiger charge is 2.36. The summed E-state index contributed by atoms with van der Waals surface area (Å²) in [5.41, 5.74) is 3.25. The molecule has 1 aliphatic rings. The van der Waals surface area contributed by atoms with E-state index >= 15 is 0 Å². The Balaban J connectivity index is 1.88. The Morgan fingerprint density at radius 1 is 1.24 bits per heavy atom. The number of hydrogen-bond donors (Lipinski definition) is 1. The predicted molar refractivity (Wildman–Crippen MR) is 77.7 cm³/mol. The first kappa shape index (κ1) is 13.0. The Kier molecular flexibility index (Phi) is 4.16. The van der Waals surface area contributed by atoms with Gasteiger partial charge in [-0.1, -0.05) is 36.2 Å². The van der Waals surface area contributed by atoms with E-state index in [2.05, 4.69) is 55.8 Å². The molecule has 1 nitrogen and oxygen atoms in total. The Bertz CT molecular complexity index is 348. The second-order valence-electron chi connectivity index (χ2n) is 5.67. The summed E-state index contributed by atoms with van der Waals surface area (Å²) in [6, 6.07) is 8.86. The maximum absolute atomic E-state index is 4.52. The summed E-state index contributed by atoms with van der Waals surface area (Å²) in [5.74, 6) is 1.03. The van der Waals surface area contributed by atoms with Crippen molar-refractivity contribution in [1.82, 2.24) is 4.90 Å². The summed E-state index contributed by atoms with van der Waals surface area (Å²) in [7, 11) is 2.23. The van der Waals surface area contributed by atoms with Crippen LogP contribution in [0.2, 0.25) is 0 Å². The molecule has 1 aromatic rings. The van der Waals surface area contributed by atoms with E-state index in [9.17, 15) is 0 Å². The highest BCUT2D eigenvalue weighted by Crippen LogP contribution is 2.42. The Morgan fingerprint density at radius 2 is 1.88 bits per heavy atom. The fourth-order valence-corrected chi connectivity index (χ4v) is 3.09. The van der Waals surface area contributed by atoms with Gasteiger partial charge in [-0.3, -0.25) is 0 Å². The molecule has 2 rings (SSSR count). The van der Waals surface area contributed by atoms with Crippen molar-refractivity contribution in [2.75, 3.05) is 19.3 Å².